The van der Waals surface area contributed by atoms with E-state index in [0.29, 0.717) is 12.6 Å². The van der Waals surface area contributed by atoms with Crippen molar-refractivity contribution in [2.45, 2.75) is 51.3 Å². The number of piperidine rings is 2. The van der Waals surface area contributed by atoms with E-state index in [1.54, 1.807) is 10.9 Å². The first-order valence-corrected chi connectivity index (χ1v) is 8.32. The summed E-state index contributed by atoms with van der Waals surface area (Å²) in [6.07, 6.45) is 5.59. The number of likely N-dealkylation sites (tertiary alicyclic amines) is 2. The van der Waals surface area contributed by atoms with Crippen LogP contribution in [-0.2, 0) is 11.3 Å². The molecule has 6 heteroatoms. The molecule has 0 aliphatic carbocycles. The monoisotopic (exact) mass is 306 g/mol. The van der Waals surface area contributed by atoms with Crippen LogP contribution in [0.3, 0.4) is 0 Å². The molecule has 0 aromatic carbocycles. The van der Waals surface area contributed by atoms with Crippen LogP contribution in [0.25, 0.3) is 0 Å². The lowest BCUT2D eigenvalue weighted by Gasteiger charge is -2.41. The number of rotatable bonds is 3. The molecular formula is C16H26N4O2. The topological polar surface area (TPSA) is 61.6 Å². The third-order valence-electron chi connectivity index (χ3n) is 4.98. The second kappa shape index (κ2) is 6.79. The Hall–Kier alpha value is -1.40. The molecule has 122 valence electrons. The molecule has 2 fully saturated rings. The molecule has 1 aromatic heterocycles. The fourth-order valence-electron chi connectivity index (χ4n) is 3.59. The molecule has 1 amide bonds. The number of hydrogen-bond donors (Lipinski definition) is 1. The third-order valence-corrected chi connectivity index (χ3v) is 4.98. The molecule has 2 saturated heterocycles. The molecular weight excluding hydrogens is 280 g/mol. The number of aryl methyl sites for hydroxylation is 1. The van der Waals surface area contributed by atoms with E-state index in [1.165, 1.54) is 0 Å². The normalized spacial score (nSPS) is 24.6. The predicted molar refractivity (Wildman–Crippen MR) is 83.4 cm³/mol. The van der Waals surface area contributed by atoms with Gasteiger partial charge in [-0.3, -0.25) is 14.4 Å². The van der Waals surface area contributed by atoms with Crippen molar-refractivity contribution in [2.24, 2.45) is 0 Å². The minimum atomic E-state index is -0.170. The maximum absolute atomic E-state index is 12.4. The van der Waals surface area contributed by atoms with Crippen LogP contribution < -0.4 is 0 Å². The Bertz CT molecular complexity index is 508. The highest BCUT2D eigenvalue weighted by molar-refractivity contribution is 5.76. The molecule has 2 aliphatic heterocycles. The largest absolute Gasteiger partial charge is 0.392 e. The van der Waals surface area contributed by atoms with Crippen molar-refractivity contribution in [1.29, 1.82) is 0 Å². The molecule has 1 aromatic rings. The predicted octanol–water partition coefficient (Wildman–Crippen LogP) is 0.639. The number of aliphatic hydroxyl groups is 1. The fourth-order valence-corrected chi connectivity index (χ4v) is 3.59. The Labute approximate surface area is 131 Å². The Morgan fingerprint density at radius 2 is 2.09 bits per heavy atom. The fraction of sp³-hybridized carbons (Fsp3) is 0.750. The van der Waals surface area contributed by atoms with Gasteiger partial charge >= 0.3 is 0 Å². The first-order chi connectivity index (χ1) is 10.6. The van der Waals surface area contributed by atoms with E-state index >= 15 is 0 Å². The Balaban J connectivity index is 1.49. The van der Waals surface area contributed by atoms with Gasteiger partial charge in [0.1, 0.15) is 6.54 Å². The van der Waals surface area contributed by atoms with E-state index in [-0.39, 0.29) is 12.0 Å². The summed E-state index contributed by atoms with van der Waals surface area (Å²) >= 11 is 0. The molecule has 1 N–H and O–H groups in total. The van der Waals surface area contributed by atoms with E-state index in [0.717, 1.165) is 57.6 Å². The summed E-state index contributed by atoms with van der Waals surface area (Å²) in [5.41, 5.74) is 1.02. The van der Waals surface area contributed by atoms with Crippen LogP contribution in [0.5, 0.6) is 0 Å². The Morgan fingerprint density at radius 3 is 2.73 bits per heavy atom. The van der Waals surface area contributed by atoms with Gasteiger partial charge < -0.3 is 10.0 Å². The van der Waals surface area contributed by atoms with Crippen molar-refractivity contribution >= 4 is 5.91 Å². The summed E-state index contributed by atoms with van der Waals surface area (Å²) in [5.74, 6) is 0.156. The summed E-state index contributed by atoms with van der Waals surface area (Å²) in [5, 5.41) is 14.0. The minimum absolute atomic E-state index is 0.156. The Kier molecular flexibility index (Phi) is 4.78. The van der Waals surface area contributed by atoms with Crippen molar-refractivity contribution in [2.75, 3.05) is 26.2 Å². The maximum Gasteiger partial charge on any atom is 0.244 e. The number of β-amino-alcohol motifs (C(OH)–C–C–N with tert-alkyl or cyclic N) is 1. The van der Waals surface area contributed by atoms with E-state index in [1.807, 2.05) is 17.9 Å². The van der Waals surface area contributed by atoms with Gasteiger partial charge in [-0.1, -0.05) is 0 Å². The zero-order valence-corrected chi connectivity index (χ0v) is 13.3. The molecule has 2 aliphatic rings. The standard InChI is InChI=1S/C16H26N4O2/c1-13-4-7-17-20(13)12-16(22)18-9-5-14(6-10-18)19-8-2-3-15(21)11-19/h4,7,14-15,21H,2-3,5-6,8-12H2,1H3. The SMILES string of the molecule is Cc1ccnn1CC(=O)N1CCC(N2CCCC(O)C2)CC1. The first-order valence-electron chi connectivity index (χ1n) is 8.32. The molecule has 1 unspecified atom stereocenters. The third kappa shape index (κ3) is 3.50. The average molecular weight is 306 g/mol. The van der Waals surface area contributed by atoms with Gasteiger partial charge in [0.2, 0.25) is 5.91 Å². The van der Waals surface area contributed by atoms with Crippen LogP contribution in [0.1, 0.15) is 31.4 Å². The van der Waals surface area contributed by atoms with Crippen LogP contribution in [-0.4, -0.2) is 68.9 Å². The molecule has 0 radical (unpaired) electrons. The lowest BCUT2D eigenvalue weighted by Crippen LogP contribution is -2.51. The maximum atomic E-state index is 12.4. The zero-order valence-electron chi connectivity index (χ0n) is 13.3. The van der Waals surface area contributed by atoms with Gasteiger partial charge in [0.25, 0.3) is 0 Å². The van der Waals surface area contributed by atoms with Gasteiger partial charge in [-0.05, 0) is 45.2 Å². The molecule has 1 atom stereocenters. The van der Waals surface area contributed by atoms with E-state index in [2.05, 4.69) is 10.00 Å². The van der Waals surface area contributed by atoms with Gasteiger partial charge in [-0.25, -0.2) is 0 Å². The number of carbonyl (C=O) groups excluding carboxylic acids is 1. The number of hydrogen-bond acceptors (Lipinski definition) is 4. The quantitative estimate of drug-likeness (QED) is 0.890. The zero-order chi connectivity index (χ0) is 15.5. The molecule has 3 rings (SSSR count). The number of aromatic nitrogens is 2. The second-order valence-electron chi connectivity index (χ2n) is 6.53. The van der Waals surface area contributed by atoms with Crippen LogP contribution in [0.4, 0.5) is 0 Å². The van der Waals surface area contributed by atoms with E-state index in [9.17, 15) is 9.90 Å². The second-order valence-corrected chi connectivity index (χ2v) is 6.53. The van der Waals surface area contributed by atoms with E-state index in [4.69, 9.17) is 0 Å². The van der Waals surface area contributed by atoms with Gasteiger partial charge in [0.05, 0.1) is 6.10 Å². The Morgan fingerprint density at radius 1 is 1.32 bits per heavy atom. The van der Waals surface area contributed by atoms with Crippen molar-refractivity contribution in [1.82, 2.24) is 19.6 Å². The van der Waals surface area contributed by atoms with Gasteiger partial charge in [0, 0.05) is 37.6 Å². The van der Waals surface area contributed by atoms with Gasteiger partial charge in [-0.15, -0.1) is 0 Å². The smallest absolute Gasteiger partial charge is 0.244 e. The van der Waals surface area contributed by atoms with Crippen LogP contribution in [0.15, 0.2) is 12.3 Å². The van der Waals surface area contributed by atoms with Crippen molar-refractivity contribution in [3.63, 3.8) is 0 Å². The van der Waals surface area contributed by atoms with Crippen molar-refractivity contribution in [3.8, 4) is 0 Å². The lowest BCUT2D eigenvalue weighted by molar-refractivity contribution is -0.133. The van der Waals surface area contributed by atoms with Crippen LogP contribution >= 0.6 is 0 Å². The van der Waals surface area contributed by atoms with Gasteiger partial charge in [0.15, 0.2) is 0 Å². The summed E-state index contributed by atoms with van der Waals surface area (Å²) in [7, 11) is 0. The first kappa shape index (κ1) is 15.5. The van der Waals surface area contributed by atoms with Gasteiger partial charge in [-0.2, -0.15) is 5.10 Å². The molecule has 6 nitrogen and oxygen atoms in total. The molecule has 0 spiro atoms. The van der Waals surface area contributed by atoms with Crippen LogP contribution in [0.2, 0.25) is 0 Å². The molecule has 3 heterocycles. The molecule has 22 heavy (non-hydrogen) atoms. The van der Waals surface area contributed by atoms with E-state index < -0.39 is 0 Å². The highest BCUT2D eigenvalue weighted by atomic mass is 16.3. The average Bonchev–Trinajstić information content (AvgIpc) is 2.92. The highest BCUT2D eigenvalue weighted by Gasteiger charge is 2.29. The summed E-state index contributed by atoms with van der Waals surface area (Å²) in [4.78, 5) is 16.7. The summed E-state index contributed by atoms with van der Waals surface area (Å²) < 4.78 is 1.76. The minimum Gasteiger partial charge on any atom is -0.392 e. The van der Waals surface area contributed by atoms with Crippen molar-refractivity contribution in [3.05, 3.63) is 18.0 Å². The highest BCUT2D eigenvalue weighted by Crippen LogP contribution is 2.21. The number of carbonyl (C=O) groups is 1. The summed E-state index contributed by atoms with van der Waals surface area (Å²) in [6, 6.07) is 2.44. The van der Waals surface area contributed by atoms with Crippen LogP contribution in [0, 0.1) is 6.92 Å². The number of amides is 1. The number of aliphatic hydroxyl groups excluding tert-OH is 1. The van der Waals surface area contributed by atoms with Crippen molar-refractivity contribution < 1.29 is 9.90 Å². The summed E-state index contributed by atoms with van der Waals surface area (Å²) in [6.45, 7) is 5.82. The lowest BCUT2D eigenvalue weighted by atomic mass is 9.99. The number of nitrogens with zero attached hydrogens (tertiary/aromatic N) is 4. The molecule has 0 saturated carbocycles. The molecule has 0 bridgehead atoms.